The normalized spacial score (nSPS) is 16.8. The van der Waals surface area contributed by atoms with Crippen molar-refractivity contribution in [2.24, 2.45) is 4.99 Å². The van der Waals surface area contributed by atoms with E-state index < -0.39 is 0 Å². The van der Waals surface area contributed by atoms with Gasteiger partial charge in [-0.05, 0) is 12.8 Å². The molecule has 70 valence electrons. The van der Waals surface area contributed by atoms with Gasteiger partial charge < -0.3 is 0 Å². The molecule has 0 N–H and O–H groups in total. The van der Waals surface area contributed by atoms with Crippen LogP contribution in [0, 0.1) is 12.3 Å². The summed E-state index contributed by atoms with van der Waals surface area (Å²) < 4.78 is 1.66. The van der Waals surface area contributed by atoms with Gasteiger partial charge in [0.15, 0.2) is 0 Å². The molecule has 1 aliphatic rings. The second kappa shape index (κ2) is 3.13. The first-order chi connectivity index (χ1) is 6.80. The van der Waals surface area contributed by atoms with Gasteiger partial charge in [-0.1, -0.05) is 5.92 Å². The van der Waals surface area contributed by atoms with Crippen LogP contribution in [0.4, 0.5) is 0 Å². The number of hydrogen-bond donors (Lipinski definition) is 0. The third kappa shape index (κ3) is 1.34. The van der Waals surface area contributed by atoms with Crippen LogP contribution in [0.5, 0.6) is 0 Å². The van der Waals surface area contributed by atoms with Gasteiger partial charge in [-0.25, -0.2) is 4.79 Å². The Balaban J connectivity index is 2.25. The summed E-state index contributed by atoms with van der Waals surface area (Å²) in [5.41, 5.74) is 0.616. The Bertz CT molecular complexity index is 430. The molecule has 1 heterocycles. The first-order valence-corrected chi connectivity index (χ1v) is 4.36. The topological polar surface area (TPSA) is 47.2 Å². The number of nitrogens with zero attached hydrogens (tertiary/aromatic N) is 3. The molecule has 0 aliphatic heterocycles. The zero-order chi connectivity index (χ0) is 10.0. The summed E-state index contributed by atoms with van der Waals surface area (Å²) in [7, 11) is 0. The lowest BCUT2D eigenvalue weighted by atomic mass is 10.1. The average molecular weight is 187 g/mol. The van der Waals surface area contributed by atoms with E-state index in [9.17, 15) is 4.79 Å². The summed E-state index contributed by atoms with van der Waals surface area (Å²) in [6, 6.07) is 0. The zero-order valence-corrected chi connectivity index (χ0v) is 7.60. The third-order valence-corrected chi connectivity index (χ3v) is 2.41. The number of rotatable bonds is 3. The van der Waals surface area contributed by atoms with Crippen molar-refractivity contribution in [1.29, 1.82) is 0 Å². The van der Waals surface area contributed by atoms with E-state index in [1.807, 2.05) is 6.20 Å². The van der Waals surface area contributed by atoms with Crippen LogP contribution in [-0.4, -0.2) is 15.9 Å². The molecule has 1 aromatic rings. The SMILES string of the molecule is C#CCn1cc(C2(N=C=O)CC2)cn1. The van der Waals surface area contributed by atoms with E-state index >= 15 is 0 Å². The number of aliphatic imine (C=N–C) groups is 1. The van der Waals surface area contributed by atoms with E-state index in [0.717, 1.165) is 18.4 Å². The van der Waals surface area contributed by atoms with Gasteiger partial charge in [-0.2, -0.15) is 10.1 Å². The summed E-state index contributed by atoms with van der Waals surface area (Å²) in [5.74, 6) is 2.49. The predicted molar refractivity (Wildman–Crippen MR) is 50.1 cm³/mol. The number of isocyanates is 1. The van der Waals surface area contributed by atoms with Crippen molar-refractivity contribution in [2.45, 2.75) is 24.9 Å². The van der Waals surface area contributed by atoms with E-state index in [1.54, 1.807) is 17.0 Å². The maximum atomic E-state index is 10.2. The Morgan fingerprint density at radius 1 is 1.71 bits per heavy atom. The highest BCUT2D eigenvalue weighted by atomic mass is 16.1. The van der Waals surface area contributed by atoms with Gasteiger partial charge in [0.05, 0.1) is 6.20 Å². The number of aromatic nitrogens is 2. The summed E-state index contributed by atoms with van der Waals surface area (Å²) in [6.45, 7) is 0.445. The molecule has 0 amide bonds. The second-order valence-electron chi connectivity index (χ2n) is 3.37. The van der Waals surface area contributed by atoms with E-state index in [2.05, 4.69) is 16.0 Å². The van der Waals surface area contributed by atoms with Crippen molar-refractivity contribution in [3.63, 3.8) is 0 Å². The molecule has 4 nitrogen and oxygen atoms in total. The van der Waals surface area contributed by atoms with Crippen molar-refractivity contribution in [3.8, 4) is 12.3 Å². The highest BCUT2D eigenvalue weighted by Crippen LogP contribution is 2.48. The lowest BCUT2D eigenvalue weighted by Gasteiger charge is -2.01. The fourth-order valence-corrected chi connectivity index (χ4v) is 1.45. The lowest BCUT2D eigenvalue weighted by Crippen LogP contribution is -2.00. The van der Waals surface area contributed by atoms with Crippen LogP contribution in [0.2, 0.25) is 0 Å². The van der Waals surface area contributed by atoms with Crippen LogP contribution in [0.25, 0.3) is 0 Å². The highest BCUT2D eigenvalue weighted by molar-refractivity contribution is 5.40. The quantitative estimate of drug-likeness (QED) is 0.400. The Labute approximate surface area is 81.6 Å². The summed E-state index contributed by atoms with van der Waals surface area (Å²) in [5, 5.41) is 4.08. The van der Waals surface area contributed by atoms with Crippen LogP contribution in [0.3, 0.4) is 0 Å². The summed E-state index contributed by atoms with van der Waals surface area (Å²) in [6.07, 6.45) is 12.1. The Morgan fingerprint density at radius 3 is 3.07 bits per heavy atom. The Morgan fingerprint density at radius 2 is 2.50 bits per heavy atom. The minimum Gasteiger partial charge on any atom is -0.260 e. The van der Waals surface area contributed by atoms with Crippen LogP contribution in [0.1, 0.15) is 18.4 Å². The minimum absolute atomic E-state index is 0.339. The zero-order valence-electron chi connectivity index (χ0n) is 7.60. The standard InChI is InChI=1S/C10H9N3O/c1-2-5-13-7-9(6-12-13)10(3-4-10)11-8-14/h1,6-7H,3-5H2. The van der Waals surface area contributed by atoms with E-state index in [-0.39, 0.29) is 5.54 Å². The molecule has 1 aromatic heterocycles. The Kier molecular flexibility index (Phi) is 1.95. The number of hydrogen-bond acceptors (Lipinski definition) is 3. The van der Waals surface area contributed by atoms with Gasteiger partial charge in [-0.3, -0.25) is 4.68 Å². The molecule has 0 saturated heterocycles. The smallest absolute Gasteiger partial charge is 0.235 e. The molecular formula is C10H9N3O. The minimum atomic E-state index is -0.339. The van der Waals surface area contributed by atoms with Gasteiger partial charge >= 0.3 is 0 Å². The summed E-state index contributed by atoms with van der Waals surface area (Å²) >= 11 is 0. The number of terminal acetylenes is 1. The molecular weight excluding hydrogens is 178 g/mol. The molecule has 4 heteroatoms. The fourth-order valence-electron chi connectivity index (χ4n) is 1.45. The van der Waals surface area contributed by atoms with E-state index in [4.69, 9.17) is 6.42 Å². The van der Waals surface area contributed by atoms with E-state index in [1.165, 1.54) is 0 Å². The van der Waals surface area contributed by atoms with Crippen molar-refractivity contribution in [2.75, 3.05) is 0 Å². The Hall–Kier alpha value is -1.85. The van der Waals surface area contributed by atoms with Crippen LogP contribution in [0.15, 0.2) is 17.4 Å². The average Bonchev–Trinajstić information content (AvgIpc) is 2.79. The third-order valence-electron chi connectivity index (χ3n) is 2.41. The van der Waals surface area contributed by atoms with Gasteiger partial charge in [0.2, 0.25) is 6.08 Å². The molecule has 2 rings (SSSR count). The van der Waals surface area contributed by atoms with E-state index in [0.29, 0.717) is 6.54 Å². The molecule has 1 saturated carbocycles. The molecule has 0 aromatic carbocycles. The maximum Gasteiger partial charge on any atom is 0.235 e. The van der Waals surface area contributed by atoms with Crippen molar-refractivity contribution in [1.82, 2.24) is 9.78 Å². The fraction of sp³-hybridized carbons (Fsp3) is 0.400. The predicted octanol–water partition coefficient (Wildman–Crippen LogP) is 0.841. The van der Waals surface area contributed by atoms with Gasteiger partial charge in [-0.15, -0.1) is 6.42 Å². The monoisotopic (exact) mass is 187 g/mol. The highest BCUT2D eigenvalue weighted by Gasteiger charge is 2.45. The van der Waals surface area contributed by atoms with Gasteiger partial charge in [0.25, 0.3) is 0 Å². The van der Waals surface area contributed by atoms with Gasteiger partial charge in [0, 0.05) is 11.8 Å². The molecule has 1 aliphatic carbocycles. The second-order valence-corrected chi connectivity index (χ2v) is 3.37. The molecule has 0 spiro atoms. The van der Waals surface area contributed by atoms with Crippen LogP contribution in [-0.2, 0) is 16.9 Å². The molecule has 0 unspecified atom stereocenters. The molecule has 0 radical (unpaired) electrons. The molecule has 0 bridgehead atoms. The molecule has 0 atom stereocenters. The summed E-state index contributed by atoms with van der Waals surface area (Å²) in [4.78, 5) is 14.0. The van der Waals surface area contributed by atoms with Crippen molar-refractivity contribution < 1.29 is 4.79 Å². The van der Waals surface area contributed by atoms with Crippen molar-refractivity contribution in [3.05, 3.63) is 18.0 Å². The van der Waals surface area contributed by atoms with Crippen molar-refractivity contribution >= 4 is 6.08 Å². The number of carbonyl (C=O) groups excluding carboxylic acids is 1. The largest absolute Gasteiger partial charge is 0.260 e. The molecule has 14 heavy (non-hydrogen) atoms. The maximum absolute atomic E-state index is 10.2. The molecule has 1 fully saturated rings. The van der Waals surface area contributed by atoms with Crippen LogP contribution >= 0.6 is 0 Å². The lowest BCUT2D eigenvalue weighted by molar-refractivity contribution is 0.556. The van der Waals surface area contributed by atoms with Gasteiger partial charge in [0.1, 0.15) is 12.1 Å². The van der Waals surface area contributed by atoms with Crippen LogP contribution < -0.4 is 0 Å². The first-order valence-electron chi connectivity index (χ1n) is 4.36. The first kappa shape index (κ1) is 8.74.